The van der Waals surface area contributed by atoms with Gasteiger partial charge in [-0.15, -0.1) is 11.3 Å². The Labute approximate surface area is 285 Å². The van der Waals surface area contributed by atoms with E-state index in [0.717, 1.165) is 36.6 Å². The summed E-state index contributed by atoms with van der Waals surface area (Å²) in [6.07, 6.45) is 1.39. The van der Waals surface area contributed by atoms with E-state index in [1.165, 1.54) is 28.9 Å². The molecule has 4 saturated heterocycles. The number of amides is 5. The summed E-state index contributed by atoms with van der Waals surface area (Å²) in [7, 11) is -3.80. The van der Waals surface area contributed by atoms with E-state index in [9.17, 15) is 37.3 Å². The van der Waals surface area contributed by atoms with Crippen LogP contribution in [-0.4, -0.2) is 141 Å². The van der Waals surface area contributed by atoms with Gasteiger partial charge in [-0.25, -0.2) is 0 Å². The number of fused-ring (bicyclic) bond motifs is 2. The number of nitrogens with one attached hydrogen (secondary N) is 1. The van der Waals surface area contributed by atoms with Crippen LogP contribution in [0.25, 0.3) is 10.1 Å². The van der Waals surface area contributed by atoms with E-state index in [-0.39, 0.29) is 59.6 Å². The van der Waals surface area contributed by atoms with Gasteiger partial charge in [-0.3, -0.25) is 28.5 Å². The summed E-state index contributed by atoms with van der Waals surface area (Å²) in [5.74, 6) is -2.02. The highest BCUT2D eigenvalue weighted by Crippen LogP contribution is 2.59. The fraction of sp³-hybridized carbons (Fsp3) is 0.581. The molecule has 5 heterocycles. The van der Waals surface area contributed by atoms with Crippen LogP contribution in [0, 0.1) is 5.92 Å². The van der Waals surface area contributed by atoms with Crippen molar-refractivity contribution >= 4 is 58.6 Å². The summed E-state index contributed by atoms with van der Waals surface area (Å²) in [5.41, 5.74) is -5.33. The Hall–Kier alpha value is -3.50. The number of likely N-dealkylation sites (N-methyl/N-ethyl adjacent to an activating group) is 1. The molecule has 4 aliphatic heterocycles. The Morgan fingerprint density at radius 3 is 2.27 bits per heavy atom. The molecule has 1 aromatic heterocycles. The van der Waals surface area contributed by atoms with Crippen LogP contribution in [0.3, 0.4) is 0 Å². The number of alkyl halides is 2. The van der Waals surface area contributed by atoms with E-state index in [4.69, 9.17) is 9.79 Å². The first-order valence-corrected chi connectivity index (χ1v) is 18.6. The molecule has 0 bridgehead atoms. The van der Waals surface area contributed by atoms with Crippen LogP contribution in [0.4, 0.5) is 8.78 Å². The maximum absolute atomic E-state index is 14.3. The van der Waals surface area contributed by atoms with Crippen LogP contribution in [-0.2, 0) is 29.4 Å². The molecule has 3 N–H and O–H groups in total. The van der Waals surface area contributed by atoms with Crippen LogP contribution in [0.2, 0.25) is 0 Å². The quantitative estimate of drug-likeness (QED) is 0.369. The molecular weight excluding hydrogens is 685 g/mol. The van der Waals surface area contributed by atoms with Gasteiger partial charge in [0.05, 0.1) is 10.8 Å². The lowest BCUT2D eigenvalue weighted by Crippen LogP contribution is -2.64. The molecule has 49 heavy (non-hydrogen) atoms. The molecule has 4 aliphatic rings. The van der Waals surface area contributed by atoms with Crippen molar-refractivity contribution in [1.29, 1.82) is 0 Å². The van der Waals surface area contributed by atoms with Gasteiger partial charge >= 0.3 is 13.3 Å². The minimum atomic E-state index is -5.80. The lowest BCUT2D eigenvalue weighted by molar-refractivity contribution is -0.156. The minimum absolute atomic E-state index is 0.0313. The van der Waals surface area contributed by atoms with Gasteiger partial charge in [0.25, 0.3) is 5.91 Å². The van der Waals surface area contributed by atoms with Crippen molar-refractivity contribution in [2.24, 2.45) is 5.92 Å². The highest BCUT2D eigenvalue weighted by Gasteiger charge is 2.51. The smallest absolute Gasteiger partial charge is 0.340 e. The van der Waals surface area contributed by atoms with Gasteiger partial charge in [-0.1, -0.05) is 6.07 Å². The number of benzene rings is 1. The van der Waals surface area contributed by atoms with Gasteiger partial charge in [-0.05, 0) is 49.9 Å². The molecule has 3 atom stereocenters. The second-order valence-electron chi connectivity index (χ2n) is 13.3. The van der Waals surface area contributed by atoms with E-state index in [1.807, 2.05) is 11.9 Å². The normalized spacial score (nSPS) is 24.4. The molecule has 4 fully saturated rings. The van der Waals surface area contributed by atoms with Gasteiger partial charge in [-0.2, -0.15) is 8.78 Å². The van der Waals surface area contributed by atoms with Crippen molar-refractivity contribution in [2.75, 3.05) is 59.4 Å². The zero-order valence-electron chi connectivity index (χ0n) is 27.1. The number of hydrogen-bond acceptors (Lipinski definition) is 8. The molecule has 2 aromatic rings. The minimum Gasteiger partial charge on any atom is -0.340 e. The van der Waals surface area contributed by atoms with Crippen molar-refractivity contribution in [1.82, 2.24) is 29.8 Å². The fourth-order valence-corrected chi connectivity index (χ4v) is 8.48. The largest absolute Gasteiger partial charge is 0.399 e. The third-order valence-corrected chi connectivity index (χ3v) is 12.1. The standard InChI is InChI=1S/C31H39F2N6O8PS/c1-18(40)37-8-7-22-4-5-24(30(44)38-15-20(16-38)28(42)36-11-9-35(2)10-12-36)39(22)29(43)23(17-37)34-27(41)26-14-19-13-21(3-6-25(19)49-26)31(32,33)48(45,46)47/h3,6,13-14,20,22-24H,4-5,7-12,15-17H2,1-2H3,(H,34,41)(H2,45,46,47)/t22-,23?,24+/m1/s1. The van der Waals surface area contributed by atoms with Crippen LogP contribution in [0.5, 0.6) is 0 Å². The molecule has 6 rings (SSSR count). The molecular formula is C31H39F2N6O8PS. The maximum Gasteiger partial charge on any atom is 0.399 e. The average molecular weight is 725 g/mol. The number of piperazine rings is 1. The van der Waals surface area contributed by atoms with Crippen molar-refractivity contribution in [3.8, 4) is 0 Å². The number of nitrogens with zero attached hydrogens (tertiary/aromatic N) is 5. The van der Waals surface area contributed by atoms with E-state index >= 15 is 0 Å². The third-order valence-electron chi connectivity index (χ3n) is 10.0. The molecule has 0 aliphatic carbocycles. The Morgan fingerprint density at radius 2 is 1.61 bits per heavy atom. The zero-order valence-corrected chi connectivity index (χ0v) is 28.8. The summed E-state index contributed by atoms with van der Waals surface area (Å²) in [6.45, 7) is 4.96. The molecule has 266 valence electrons. The first kappa shape index (κ1) is 35.3. The van der Waals surface area contributed by atoms with Gasteiger partial charge in [0.2, 0.25) is 23.6 Å². The lowest BCUT2D eigenvalue weighted by atomic mass is 9.96. The number of carbonyl (C=O) groups is 5. The predicted molar refractivity (Wildman–Crippen MR) is 174 cm³/mol. The van der Waals surface area contributed by atoms with Crippen LogP contribution in [0.15, 0.2) is 24.3 Å². The van der Waals surface area contributed by atoms with Gasteiger partial charge in [0.1, 0.15) is 12.1 Å². The zero-order chi connectivity index (χ0) is 35.4. The molecule has 14 nitrogen and oxygen atoms in total. The number of rotatable bonds is 6. The highest BCUT2D eigenvalue weighted by molar-refractivity contribution is 7.52. The second kappa shape index (κ2) is 13.3. The second-order valence-corrected chi connectivity index (χ2v) is 16.0. The summed E-state index contributed by atoms with van der Waals surface area (Å²) in [6, 6.07) is 1.98. The number of halogens is 2. The average Bonchev–Trinajstić information content (AvgIpc) is 3.64. The van der Waals surface area contributed by atoms with E-state index in [1.54, 1.807) is 4.90 Å². The monoisotopic (exact) mass is 724 g/mol. The molecule has 0 saturated carbocycles. The van der Waals surface area contributed by atoms with E-state index in [2.05, 4.69) is 10.2 Å². The molecule has 0 radical (unpaired) electrons. The van der Waals surface area contributed by atoms with Gasteiger partial charge < -0.3 is 39.6 Å². The van der Waals surface area contributed by atoms with Crippen LogP contribution < -0.4 is 5.32 Å². The Bertz CT molecular complexity index is 1720. The van der Waals surface area contributed by atoms with Crippen molar-refractivity contribution < 1.29 is 47.1 Å². The highest BCUT2D eigenvalue weighted by atomic mass is 32.1. The van der Waals surface area contributed by atoms with Crippen LogP contribution in [0.1, 0.15) is 41.4 Å². The Balaban J connectivity index is 1.17. The summed E-state index contributed by atoms with van der Waals surface area (Å²) >= 11 is 0.940. The topological polar surface area (TPSA) is 171 Å². The third kappa shape index (κ3) is 6.83. The number of hydrogen-bond donors (Lipinski definition) is 3. The Kier molecular flexibility index (Phi) is 9.61. The summed E-state index contributed by atoms with van der Waals surface area (Å²) in [4.78, 5) is 93.8. The number of thiophene rings is 1. The van der Waals surface area contributed by atoms with Crippen molar-refractivity contribution in [3.63, 3.8) is 0 Å². The van der Waals surface area contributed by atoms with Crippen LogP contribution >= 0.6 is 18.9 Å². The maximum atomic E-state index is 14.3. The molecule has 1 unspecified atom stereocenters. The van der Waals surface area contributed by atoms with Gasteiger partial charge in [0.15, 0.2) is 0 Å². The molecule has 0 spiro atoms. The van der Waals surface area contributed by atoms with E-state index < -0.39 is 42.7 Å². The van der Waals surface area contributed by atoms with Crippen molar-refractivity contribution in [3.05, 3.63) is 34.7 Å². The summed E-state index contributed by atoms with van der Waals surface area (Å²) < 4.78 is 40.4. The lowest BCUT2D eigenvalue weighted by Gasteiger charge is -2.45. The molecule has 1 aromatic carbocycles. The Morgan fingerprint density at radius 1 is 0.918 bits per heavy atom. The number of carbonyl (C=O) groups excluding carboxylic acids is 5. The predicted octanol–water partition coefficient (Wildman–Crippen LogP) is 1.07. The first-order chi connectivity index (χ1) is 23.0. The molecule has 18 heteroatoms. The SMILES string of the molecule is CC(=O)N1CC[C@H]2CC[C@@H](C(=O)N3CC(C(=O)N4CCN(C)CC4)C3)N2C(=O)C(NC(=O)c2cc3cc(C(F)(F)P(=O)(O)O)ccc3s2)C1. The number of likely N-dealkylation sites (tertiary alicyclic amines) is 1. The first-order valence-electron chi connectivity index (χ1n) is 16.2. The van der Waals surface area contributed by atoms with Crippen molar-refractivity contribution in [2.45, 2.75) is 50.0 Å². The van der Waals surface area contributed by atoms with Gasteiger partial charge in [0, 0.05) is 75.6 Å². The molecule has 5 amide bonds. The summed E-state index contributed by atoms with van der Waals surface area (Å²) in [5, 5.41) is 2.85. The van der Waals surface area contributed by atoms with E-state index in [0.29, 0.717) is 43.6 Å². The fourth-order valence-electron chi connectivity index (χ4n) is 7.06.